The quantitative estimate of drug-likeness (QED) is 0.291. The lowest BCUT2D eigenvalue weighted by molar-refractivity contribution is -0.118. The number of nitrogens with one attached hydrogen (secondary N) is 2. The molecule has 0 saturated heterocycles. The van der Waals surface area contributed by atoms with E-state index in [1.807, 2.05) is 48.5 Å². The van der Waals surface area contributed by atoms with Crippen molar-refractivity contribution in [3.8, 4) is 0 Å². The fraction of sp³-hybridized carbons (Fsp3) is 0.462. The van der Waals surface area contributed by atoms with E-state index in [1.54, 1.807) is 0 Å². The van der Waals surface area contributed by atoms with Crippen molar-refractivity contribution < 1.29 is 9.59 Å². The van der Waals surface area contributed by atoms with Gasteiger partial charge >= 0.3 is 0 Å². The summed E-state index contributed by atoms with van der Waals surface area (Å²) in [7, 11) is 0. The topological polar surface area (TPSA) is 107 Å². The number of anilines is 2. The summed E-state index contributed by atoms with van der Waals surface area (Å²) in [4.78, 5) is 27.7. The third-order valence-electron chi connectivity index (χ3n) is 7.15. The van der Waals surface area contributed by atoms with Gasteiger partial charge in [0.15, 0.2) is 0 Å². The van der Waals surface area contributed by atoms with Crippen molar-refractivity contribution in [1.29, 1.82) is 0 Å². The lowest BCUT2D eigenvalue weighted by Gasteiger charge is -2.17. The fourth-order valence-corrected chi connectivity index (χ4v) is 4.41. The SMILES string of the molecule is CC1(C)CC1C(=O)Nc1ccc(C(CN=[N+]=[N-])c2ccc(NC(=O)C3CC3(C)C)cc2)cc1. The Morgan fingerprint density at radius 2 is 1.24 bits per heavy atom. The first-order chi connectivity index (χ1) is 15.6. The van der Waals surface area contributed by atoms with E-state index in [-0.39, 0.29) is 46.9 Å². The highest BCUT2D eigenvalue weighted by molar-refractivity contribution is 5.95. The van der Waals surface area contributed by atoms with Gasteiger partial charge in [-0.15, -0.1) is 0 Å². The van der Waals surface area contributed by atoms with Gasteiger partial charge < -0.3 is 10.6 Å². The molecule has 2 unspecified atom stereocenters. The van der Waals surface area contributed by atoms with Gasteiger partial charge in [0.25, 0.3) is 0 Å². The molecule has 33 heavy (non-hydrogen) atoms. The Balaban J connectivity index is 1.44. The first-order valence-corrected chi connectivity index (χ1v) is 11.4. The largest absolute Gasteiger partial charge is 0.326 e. The van der Waals surface area contributed by atoms with Crippen LogP contribution in [0.5, 0.6) is 0 Å². The summed E-state index contributed by atoms with van der Waals surface area (Å²) in [6.45, 7) is 8.68. The van der Waals surface area contributed by atoms with Crippen molar-refractivity contribution in [2.45, 2.75) is 46.5 Å². The Morgan fingerprint density at radius 1 is 0.879 bits per heavy atom. The number of hydrogen-bond acceptors (Lipinski definition) is 3. The predicted molar refractivity (Wildman–Crippen MR) is 130 cm³/mol. The van der Waals surface area contributed by atoms with Crippen LogP contribution in [0.3, 0.4) is 0 Å². The van der Waals surface area contributed by atoms with E-state index in [4.69, 9.17) is 5.53 Å². The molecular weight excluding hydrogens is 414 g/mol. The zero-order chi connectivity index (χ0) is 23.8. The summed E-state index contributed by atoms with van der Waals surface area (Å²) in [5, 5.41) is 9.79. The van der Waals surface area contributed by atoms with E-state index in [2.05, 4.69) is 48.4 Å². The number of nitrogens with zero attached hydrogens (tertiary/aromatic N) is 3. The van der Waals surface area contributed by atoms with Crippen LogP contribution in [0.25, 0.3) is 10.4 Å². The van der Waals surface area contributed by atoms with Crippen molar-refractivity contribution in [3.05, 3.63) is 70.1 Å². The van der Waals surface area contributed by atoms with Gasteiger partial charge in [0.05, 0.1) is 0 Å². The summed E-state index contributed by atoms with van der Waals surface area (Å²) in [6.07, 6.45) is 1.83. The molecule has 2 aromatic rings. The monoisotopic (exact) mass is 445 g/mol. The molecule has 2 N–H and O–H groups in total. The van der Waals surface area contributed by atoms with E-state index in [0.717, 1.165) is 35.3 Å². The normalized spacial score (nSPS) is 22.4. The fourth-order valence-electron chi connectivity index (χ4n) is 4.41. The van der Waals surface area contributed by atoms with Crippen LogP contribution < -0.4 is 10.6 Å². The third kappa shape index (κ3) is 5.20. The van der Waals surface area contributed by atoms with Gasteiger partial charge in [-0.1, -0.05) is 57.1 Å². The third-order valence-corrected chi connectivity index (χ3v) is 7.15. The van der Waals surface area contributed by atoms with E-state index >= 15 is 0 Å². The molecule has 0 heterocycles. The number of amides is 2. The van der Waals surface area contributed by atoms with Gasteiger partial charge in [-0.3, -0.25) is 9.59 Å². The van der Waals surface area contributed by atoms with Gasteiger partial charge in [0, 0.05) is 40.6 Å². The maximum atomic E-state index is 12.4. The molecule has 2 saturated carbocycles. The zero-order valence-electron chi connectivity index (χ0n) is 19.6. The molecule has 0 aromatic heterocycles. The molecule has 0 radical (unpaired) electrons. The number of hydrogen-bond donors (Lipinski definition) is 2. The number of rotatable bonds is 8. The Morgan fingerprint density at radius 3 is 1.55 bits per heavy atom. The van der Waals surface area contributed by atoms with Crippen LogP contribution in [-0.2, 0) is 9.59 Å². The van der Waals surface area contributed by atoms with Crippen LogP contribution in [0.2, 0.25) is 0 Å². The van der Waals surface area contributed by atoms with Crippen LogP contribution in [0, 0.1) is 22.7 Å². The number of carbonyl (C=O) groups is 2. The van der Waals surface area contributed by atoms with Crippen molar-refractivity contribution in [2.75, 3.05) is 17.2 Å². The molecule has 4 rings (SSSR count). The van der Waals surface area contributed by atoms with E-state index < -0.39 is 0 Å². The van der Waals surface area contributed by atoms with Crippen LogP contribution >= 0.6 is 0 Å². The van der Waals surface area contributed by atoms with Crippen LogP contribution in [0.4, 0.5) is 11.4 Å². The maximum absolute atomic E-state index is 12.4. The second kappa shape index (κ2) is 8.56. The zero-order valence-corrected chi connectivity index (χ0v) is 19.6. The summed E-state index contributed by atoms with van der Waals surface area (Å²) < 4.78 is 0. The predicted octanol–water partition coefficient (Wildman–Crippen LogP) is 6.10. The molecule has 7 nitrogen and oxygen atoms in total. The van der Waals surface area contributed by atoms with Gasteiger partial charge in [-0.2, -0.15) is 0 Å². The lowest BCUT2D eigenvalue weighted by atomic mass is 9.91. The van der Waals surface area contributed by atoms with Crippen molar-refractivity contribution >= 4 is 23.2 Å². The van der Waals surface area contributed by atoms with Crippen LogP contribution in [-0.4, -0.2) is 18.4 Å². The molecule has 0 aliphatic heterocycles. The molecule has 2 aliphatic carbocycles. The van der Waals surface area contributed by atoms with Gasteiger partial charge in [0.1, 0.15) is 0 Å². The number of azide groups is 1. The summed E-state index contributed by atoms with van der Waals surface area (Å²) >= 11 is 0. The molecule has 172 valence electrons. The van der Waals surface area contributed by atoms with E-state index in [1.165, 1.54) is 0 Å². The highest BCUT2D eigenvalue weighted by atomic mass is 16.2. The first kappa shape index (κ1) is 22.9. The molecule has 2 aromatic carbocycles. The molecule has 2 amide bonds. The molecule has 7 heteroatoms. The minimum absolute atomic E-state index is 0.0607. The van der Waals surface area contributed by atoms with Gasteiger partial charge in [-0.05, 0) is 64.6 Å². The molecule has 2 atom stereocenters. The first-order valence-electron chi connectivity index (χ1n) is 11.4. The Hall–Kier alpha value is -3.31. The standard InChI is InChI=1S/C26H31N5O2/c1-25(2)13-21(25)23(32)29-18-9-5-16(6-10-18)20(15-28-31-27)17-7-11-19(12-8-17)30-24(33)22-14-26(22,3)4/h5-12,20-22H,13-15H2,1-4H3,(H,29,32)(H,30,33). The summed E-state index contributed by atoms with van der Waals surface area (Å²) in [5.74, 6) is 0.135. The average Bonchev–Trinajstić information content (AvgIpc) is 3.63. The number of carbonyl (C=O) groups excluding carboxylic acids is 2. The Bertz CT molecular complexity index is 1020. The Labute approximate surface area is 194 Å². The highest BCUT2D eigenvalue weighted by Gasteiger charge is 2.51. The average molecular weight is 446 g/mol. The smallest absolute Gasteiger partial charge is 0.228 e. The van der Waals surface area contributed by atoms with Crippen molar-refractivity contribution in [1.82, 2.24) is 0 Å². The van der Waals surface area contributed by atoms with Gasteiger partial charge in [0.2, 0.25) is 11.8 Å². The molecule has 0 bridgehead atoms. The van der Waals surface area contributed by atoms with Crippen LogP contribution in [0.1, 0.15) is 57.6 Å². The molecule has 2 fully saturated rings. The Kier molecular flexibility index (Phi) is 5.93. The molecular formula is C26H31N5O2. The minimum atomic E-state index is -0.125. The van der Waals surface area contributed by atoms with E-state index in [0.29, 0.717) is 0 Å². The van der Waals surface area contributed by atoms with Crippen LogP contribution in [0.15, 0.2) is 53.6 Å². The van der Waals surface area contributed by atoms with Crippen molar-refractivity contribution in [2.24, 2.45) is 27.8 Å². The molecule has 0 spiro atoms. The van der Waals surface area contributed by atoms with Gasteiger partial charge in [-0.25, -0.2) is 0 Å². The summed E-state index contributed by atoms with van der Waals surface area (Å²) in [6, 6.07) is 15.4. The summed E-state index contributed by atoms with van der Waals surface area (Å²) in [5.41, 5.74) is 12.5. The van der Waals surface area contributed by atoms with E-state index in [9.17, 15) is 9.59 Å². The highest BCUT2D eigenvalue weighted by Crippen LogP contribution is 2.52. The molecule has 2 aliphatic rings. The number of benzene rings is 2. The second-order valence-corrected chi connectivity index (χ2v) is 10.7. The maximum Gasteiger partial charge on any atom is 0.228 e. The minimum Gasteiger partial charge on any atom is -0.326 e. The van der Waals surface area contributed by atoms with Crippen molar-refractivity contribution in [3.63, 3.8) is 0 Å². The second-order valence-electron chi connectivity index (χ2n) is 10.7. The lowest BCUT2D eigenvalue weighted by Crippen LogP contribution is -2.16.